The molecular weight excluding hydrogens is 254 g/mol. The van der Waals surface area contributed by atoms with Crippen molar-refractivity contribution in [3.05, 3.63) is 52.3 Å². The fraction of sp³-hybridized carbons (Fsp3) is 0.200. The molecule has 102 valence electrons. The number of hydrogen-bond donors (Lipinski definition) is 2. The Morgan fingerprint density at radius 1 is 1.40 bits per heavy atom. The lowest BCUT2D eigenvalue weighted by atomic mass is 10.0. The first-order valence-corrected chi connectivity index (χ1v) is 6.22. The largest absolute Gasteiger partial charge is 0.494 e. The van der Waals surface area contributed by atoms with Crippen molar-refractivity contribution in [3.8, 4) is 23.1 Å². The molecule has 2 aromatic rings. The number of hydrogen-bond acceptors (Lipinski definition) is 4. The molecule has 1 unspecified atom stereocenters. The minimum absolute atomic E-state index is 0.00894. The molecule has 0 aliphatic carbocycles. The third kappa shape index (κ3) is 2.56. The van der Waals surface area contributed by atoms with Gasteiger partial charge in [0.2, 0.25) is 0 Å². The highest BCUT2D eigenvalue weighted by molar-refractivity contribution is 5.70. The predicted octanol–water partition coefficient (Wildman–Crippen LogP) is 1.44. The summed E-state index contributed by atoms with van der Waals surface area (Å²) in [6.07, 6.45) is 0. The van der Waals surface area contributed by atoms with Crippen molar-refractivity contribution in [1.29, 1.82) is 5.26 Å². The molecule has 5 heteroatoms. The van der Waals surface area contributed by atoms with Crippen LogP contribution in [0, 0.1) is 11.3 Å². The first-order chi connectivity index (χ1) is 9.54. The number of pyridine rings is 1. The van der Waals surface area contributed by atoms with Crippen LogP contribution in [0.1, 0.15) is 12.5 Å². The quantitative estimate of drug-likeness (QED) is 0.881. The highest BCUT2D eigenvalue weighted by Gasteiger charge is 2.16. The molecule has 0 bridgehead atoms. The summed E-state index contributed by atoms with van der Waals surface area (Å²) in [5, 5.41) is 19.2. The van der Waals surface area contributed by atoms with E-state index in [-0.39, 0.29) is 24.0 Å². The van der Waals surface area contributed by atoms with Crippen molar-refractivity contribution < 1.29 is 5.11 Å². The highest BCUT2D eigenvalue weighted by atomic mass is 16.3. The molecule has 1 heterocycles. The minimum Gasteiger partial charge on any atom is -0.494 e. The fourth-order valence-electron chi connectivity index (χ4n) is 2.05. The van der Waals surface area contributed by atoms with Crippen LogP contribution in [-0.4, -0.2) is 15.7 Å². The molecular formula is C15H15N3O2. The van der Waals surface area contributed by atoms with Crippen LogP contribution >= 0.6 is 0 Å². The van der Waals surface area contributed by atoms with Gasteiger partial charge in [0.25, 0.3) is 5.56 Å². The zero-order chi connectivity index (χ0) is 14.7. The highest BCUT2D eigenvalue weighted by Crippen LogP contribution is 2.24. The molecule has 0 saturated carbocycles. The normalized spacial score (nSPS) is 11.8. The predicted molar refractivity (Wildman–Crippen MR) is 76.2 cm³/mol. The Labute approximate surface area is 116 Å². The van der Waals surface area contributed by atoms with Crippen LogP contribution in [0.5, 0.6) is 5.88 Å². The lowest BCUT2D eigenvalue weighted by Crippen LogP contribution is -2.31. The van der Waals surface area contributed by atoms with Crippen LogP contribution in [0.15, 0.2) is 41.2 Å². The summed E-state index contributed by atoms with van der Waals surface area (Å²) in [7, 11) is 0. The Balaban J connectivity index is 2.68. The average molecular weight is 269 g/mol. The van der Waals surface area contributed by atoms with Crippen molar-refractivity contribution >= 4 is 0 Å². The van der Waals surface area contributed by atoms with Gasteiger partial charge in [0.05, 0.1) is 0 Å². The van der Waals surface area contributed by atoms with Crippen LogP contribution < -0.4 is 11.3 Å². The summed E-state index contributed by atoms with van der Waals surface area (Å²) < 4.78 is 1.12. The SMILES string of the molecule is CC(N)Cn1c(O)cc(-c2ccccc2)c(C#N)c1=O. The van der Waals surface area contributed by atoms with Gasteiger partial charge in [-0.15, -0.1) is 0 Å². The first-order valence-electron chi connectivity index (χ1n) is 6.22. The molecule has 1 atom stereocenters. The summed E-state index contributed by atoms with van der Waals surface area (Å²) in [6, 6.07) is 12.1. The van der Waals surface area contributed by atoms with Crippen molar-refractivity contribution in [2.45, 2.75) is 19.5 Å². The van der Waals surface area contributed by atoms with Crippen LogP contribution in [0.25, 0.3) is 11.1 Å². The third-order valence-corrected chi connectivity index (χ3v) is 2.95. The minimum atomic E-state index is -0.524. The molecule has 0 aliphatic rings. The van der Waals surface area contributed by atoms with Crippen molar-refractivity contribution in [2.24, 2.45) is 5.73 Å². The van der Waals surface area contributed by atoms with Gasteiger partial charge in [-0.05, 0) is 12.5 Å². The van der Waals surface area contributed by atoms with E-state index >= 15 is 0 Å². The molecule has 5 nitrogen and oxygen atoms in total. The Morgan fingerprint density at radius 2 is 2.05 bits per heavy atom. The molecule has 0 aliphatic heterocycles. The van der Waals surface area contributed by atoms with Crippen molar-refractivity contribution in [3.63, 3.8) is 0 Å². The summed E-state index contributed by atoms with van der Waals surface area (Å²) in [4.78, 5) is 12.3. The molecule has 0 fully saturated rings. The van der Waals surface area contributed by atoms with E-state index in [1.165, 1.54) is 6.07 Å². The zero-order valence-electron chi connectivity index (χ0n) is 11.1. The molecule has 0 amide bonds. The second-order valence-electron chi connectivity index (χ2n) is 4.66. The maximum Gasteiger partial charge on any atom is 0.271 e. The number of nitrogens with zero attached hydrogens (tertiary/aromatic N) is 2. The number of rotatable bonds is 3. The Hall–Kier alpha value is -2.58. The summed E-state index contributed by atoms with van der Waals surface area (Å²) >= 11 is 0. The average Bonchev–Trinajstić information content (AvgIpc) is 2.43. The van der Waals surface area contributed by atoms with Crippen molar-refractivity contribution in [2.75, 3.05) is 0 Å². The van der Waals surface area contributed by atoms with Gasteiger partial charge in [-0.3, -0.25) is 9.36 Å². The second-order valence-corrected chi connectivity index (χ2v) is 4.66. The number of aromatic nitrogens is 1. The number of nitriles is 1. The van der Waals surface area contributed by atoms with E-state index in [1.807, 2.05) is 12.1 Å². The molecule has 3 N–H and O–H groups in total. The zero-order valence-corrected chi connectivity index (χ0v) is 11.1. The monoisotopic (exact) mass is 269 g/mol. The molecule has 1 aromatic heterocycles. The van der Waals surface area contributed by atoms with E-state index in [9.17, 15) is 15.2 Å². The lowest BCUT2D eigenvalue weighted by molar-refractivity contribution is 0.396. The van der Waals surface area contributed by atoms with Gasteiger partial charge in [-0.25, -0.2) is 0 Å². The second kappa shape index (κ2) is 5.59. The summed E-state index contributed by atoms with van der Waals surface area (Å²) in [5.41, 5.74) is 6.27. The number of benzene rings is 1. The van der Waals surface area contributed by atoms with Gasteiger partial charge in [0.15, 0.2) is 5.88 Å². The molecule has 20 heavy (non-hydrogen) atoms. The fourth-order valence-corrected chi connectivity index (χ4v) is 2.05. The maximum atomic E-state index is 12.3. The lowest BCUT2D eigenvalue weighted by Gasteiger charge is -2.13. The first kappa shape index (κ1) is 13.8. The molecule has 0 spiro atoms. The molecule has 2 rings (SSSR count). The summed E-state index contributed by atoms with van der Waals surface area (Å²) in [5.74, 6) is -0.190. The smallest absolute Gasteiger partial charge is 0.271 e. The molecule has 0 saturated heterocycles. The topological polar surface area (TPSA) is 92.0 Å². The number of aromatic hydroxyl groups is 1. The number of nitrogens with two attached hydrogens (primary N) is 1. The Bertz CT molecular complexity index is 712. The summed E-state index contributed by atoms with van der Waals surface area (Å²) in [6.45, 7) is 1.89. The van der Waals surface area contributed by atoms with Gasteiger partial charge in [0.1, 0.15) is 11.6 Å². The van der Waals surface area contributed by atoms with E-state index in [4.69, 9.17) is 5.73 Å². The Kier molecular flexibility index (Phi) is 3.87. The van der Waals surface area contributed by atoms with Crippen LogP contribution in [0.4, 0.5) is 0 Å². The van der Waals surface area contributed by atoms with Crippen LogP contribution in [0.2, 0.25) is 0 Å². The van der Waals surface area contributed by atoms with Crippen LogP contribution in [-0.2, 0) is 6.54 Å². The van der Waals surface area contributed by atoms with E-state index in [2.05, 4.69) is 0 Å². The molecule has 0 radical (unpaired) electrons. The van der Waals surface area contributed by atoms with Gasteiger partial charge in [0, 0.05) is 24.2 Å². The maximum absolute atomic E-state index is 12.3. The van der Waals surface area contributed by atoms with E-state index < -0.39 is 5.56 Å². The van der Waals surface area contributed by atoms with Gasteiger partial charge < -0.3 is 10.8 Å². The molecule has 1 aromatic carbocycles. The third-order valence-electron chi connectivity index (χ3n) is 2.95. The van der Waals surface area contributed by atoms with E-state index in [0.717, 1.165) is 4.57 Å². The standard InChI is InChI=1S/C15H15N3O2/c1-10(17)9-18-14(19)7-12(13(8-16)15(18)20)11-5-3-2-4-6-11/h2-7,10,19H,9,17H2,1H3. The van der Waals surface area contributed by atoms with E-state index in [0.29, 0.717) is 11.1 Å². The van der Waals surface area contributed by atoms with Crippen LogP contribution in [0.3, 0.4) is 0 Å². The van der Waals surface area contributed by atoms with Gasteiger partial charge >= 0.3 is 0 Å². The van der Waals surface area contributed by atoms with Gasteiger partial charge in [-0.1, -0.05) is 30.3 Å². The van der Waals surface area contributed by atoms with E-state index in [1.54, 1.807) is 31.2 Å². The Morgan fingerprint density at radius 3 is 2.60 bits per heavy atom. The van der Waals surface area contributed by atoms with Gasteiger partial charge in [-0.2, -0.15) is 5.26 Å². The van der Waals surface area contributed by atoms with Crippen molar-refractivity contribution in [1.82, 2.24) is 4.57 Å².